The molecule has 1 saturated carbocycles. The van der Waals surface area contributed by atoms with Crippen molar-refractivity contribution in [3.05, 3.63) is 16.1 Å². The van der Waals surface area contributed by atoms with E-state index in [4.69, 9.17) is 0 Å². The minimum absolute atomic E-state index is 0. The molecule has 120 valence electrons. The molecule has 0 saturated heterocycles. The van der Waals surface area contributed by atoms with Crippen molar-refractivity contribution >= 4 is 41.3 Å². The fraction of sp³-hybridized carbons (Fsp3) is 0.714. The van der Waals surface area contributed by atoms with Gasteiger partial charge in [0.05, 0.1) is 12.1 Å². The van der Waals surface area contributed by atoms with Crippen LogP contribution < -0.4 is 10.6 Å². The maximum Gasteiger partial charge on any atom is 0.191 e. The summed E-state index contributed by atoms with van der Waals surface area (Å²) in [5.41, 5.74) is -0.535. The van der Waals surface area contributed by atoms with Gasteiger partial charge in [0, 0.05) is 24.2 Å². The molecule has 0 spiro atoms. The molecule has 0 unspecified atom stereocenters. The van der Waals surface area contributed by atoms with E-state index in [2.05, 4.69) is 27.5 Å². The Labute approximate surface area is 147 Å². The van der Waals surface area contributed by atoms with Gasteiger partial charge in [-0.1, -0.05) is 6.92 Å². The fourth-order valence-corrected chi connectivity index (χ4v) is 2.87. The fourth-order valence-electron chi connectivity index (χ4n) is 2.08. The zero-order valence-electron chi connectivity index (χ0n) is 12.7. The number of guanidine groups is 1. The van der Waals surface area contributed by atoms with Crippen LogP contribution in [0.2, 0.25) is 0 Å². The normalized spacial score (nSPS) is 16.8. The number of rotatable bonds is 6. The molecule has 0 bridgehead atoms. The van der Waals surface area contributed by atoms with Crippen LogP contribution in [0.5, 0.6) is 0 Å². The third-order valence-corrected chi connectivity index (χ3v) is 4.66. The number of halogens is 1. The van der Waals surface area contributed by atoms with Gasteiger partial charge in [-0.05, 0) is 32.6 Å². The summed E-state index contributed by atoms with van der Waals surface area (Å²) in [7, 11) is 0. The van der Waals surface area contributed by atoms with Crippen LogP contribution in [-0.4, -0.2) is 34.7 Å². The number of aliphatic imine (C=N–C) groups is 1. The molecule has 0 radical (unpaired) electrons. The summed E-state index contributed by atoms with van der Waals surface area (Å²) < 4.78 is 0. The van der Waals surface area contributed by atoms with Crippen LogP contribution in [-0.2, 0) is 13.0 Å². The third kappa shape index (κ3) is 5.71. The van der Waals surface area contributed by atoms with Crippen molar-refractivity contribution in [1.82, 2.24) is 15.6 Å². The molecule has 0 aromatic carbocycles. The molecule has 2 rings (SSSR count). The Kier molecular flexibility index (Phi) is 7.89. The molecule has 3 N–H and O–H groups in total. The number of aliphatic hydroxyl groups is 1. The number of aryl methyl sites for hydroxylation is 1. The van der Waals surface area contributed by atoms with E-state index in [-0.39, 0.29) is 24.0 Å². The maximum absolute atomic E-state index is 10.1. The molecule has 0 atom stereocenters. The topological polar surface area (TPSA) is 69.5 Å². The van der Waals surface area contributed by atoms with E-state index in [1.54, 1.807) is 11.3 Å². The Hall–Kier alpha value is -0.410. The minimum Gasteiger partial charge on any atom is -0.388 e. The standard InChI is InChI=1S/C14H24N4OS.HI/c1-3-11-8-16-12(20-11)9-17-13(15-4-2)18-10-14(19)6-5-7-14;/h8,19H,3-7,9-10H2,1-2H3,(H2,15,17,18);1H. The number of aromatic nitrogens is 1. The summed E-state index contributed by atoms with van der Waals surface area (Å²) >= 11 is 1.71. The molecule has 1 aromatic heterocycles. The summed E-state index contributed by atoms with van der Waals surface area (Å²) in [6.45, 7) is 6.12. The summed E-state index contributed by atoms with van der Waals surface area (Å²) in [6.07, 6.45) is 5.82. The van der Waals surface area contributed by atoms with E-state index in [0.717, 1.165) is 43.2 Å². The van der Waals surface area contributed by atoms with E-state index in [1.165, 1.54) is 4.88 Å². The summed E-state index contributed by atoms with van der Waals surface area (Å²) in [5, 5.41) is 17.5. The van der Waals surface area contributed by atoms with E-state index in [9.17, 15) is 5.11 Å². The largest absolute Gasteiger partial charge is 0.388 e. The van der Waals surface area contributed by atoms with E-state index in [1.807, 2.05) is 13.1 Å². The second-order valence-electron chi connectivity index (χ2n) is 5.20. The Balaban J connectivity index is 0.00000220. The molecule has 7 heteroatoms. The van der Waals surface area contributed by atoms with E-state index >= 15 is 0 Å². The molecule has 21 heavy (non-hydrogen) atoms. The number of hydrogen-bond acceptors (Lipinski definition) is 4. The van der Waals surface area contributed by atoms with Crippen molar-refractivity contribution < 1.29 is 5.11 Å². The highest BCUT2D eigenvalue weighted by molar-refractivity contribution is 14.0. The Morgan fingerprint density at radius 2 is 2.19 bits per heavy atom. The summed E-state index contributed by atoms with van der Waals surface area (Å²) in [6, 6.07) is 0. The van der Waals surface area contributed by atoms with Crippen molar-refractivity contribution in [2.75, 3.05) is 13.1 Å². The van der Waals surface area contributed by atoms with Crippen LogP contribution in [0.3, 0.4) is 0 Å². The van der Waals surface area contributed by atoms with Crippen molar-refractivity contribution in [1.29, 1.82) is 0 Å². The van der Waals surface area contributed by atoms with Crippen LogP contribution in [0.4, 0.5) is 0 Å². The molecule has 0 amide bonds. The zero-order chi connectivity index (χ0) is 14.4. The first kappa shape index (κ1) is 18.6. The first-order valence-corrected chi connectivity index (χ1v) is 8.15. The number of nitrogens with one attached hydrogen (secondary N) is 2. The highest BCUT2D eigenvalue weighted by Crippen LogP contribution is 2.30. The van der Waals surface area contributed by atoms with Gasteiger partial charge in [0.15, 0.2) is 5.96 Å². The molecular weight excluding hydrogens is 399 g/mol. The van der Waals surface area contributed by atoms with Crippen LogP contribution in [0.15, 0.2) is 11.2 Å². The quantitative estimate of drug-likeness (QED) is 0.373. The third-order valence-electron chi connectivity index (χ3n) is 3.54. The van der Waals surface area contributed by atoms with Gasteiger partial charge < -0.3 is 15.7 Å². The lowest BCUT2D eigenvalue weighted by Gasteiger charge is -2.36. The van der Waals surface area contributed by atoms with Gasteiger partial charge in [-0.2, -0.15) is 0 Å². The van der Waals surface area contributed by atoms with Gasteiger partial charge in [-0.15, -0.1) is 35.3 Å². The lowest BCUT2D eigenvalue weighted by Crippen LogP contribution is -2.50. The van der Waals surface area contributed by atoms with E-state index in [0.29, 0.717) is 13.1 Å². The summed E-state index contributed by atoms with van der Waals surface area (Å²) in [5.74, 6) is 0.751. The Bertz CT molecular complexity index is 460. The second-order valence-corrected chi connectivity index (χ2v) is 6.40. The molecule has 1 heterocycles. The molecular formula is C14H25IN4OS. The molecule has 1 aliphatic rings. The van der Waals surface area contributed by atoms with Gasteiger partial charge in [-0.3, -0.25) is 0 Å². The highest BCUT2D eigenvalue weighted by atomic mass is 127. The van der Waals surface area contributed by atoms with Crippen molar-refractivity contribution in [2.24, 2.45) is 4.99 Å². The number of hydrogen-bond donors (Lipinski definition) is 3. The van der Waals surface area contributed by atoms with Crippen molar-refractivity contribution in [3.63, 3.8) is 0 Å². The summed E-state index contributed by atoms with van der Waals surface area (Å²) in [4.78, 5) is 10.2. The van der Waals surface area contributed by atoms with Crippen molar-refractivity contribution in [3.8, 4) is 0 Å². The number of thiazole rings is 1. The van der Waals surface area contributed by atoms with E-state index < -0.39 is 5.60 Å². The van der Waals surface area contributed by atoms with Gasteiger partial charge in [0.1, 0.15) is 5.01 Å². The lowest BCUT2D eigenvalue weighted by molar-refractivity contribution is -0.0279. The molecule has 1 aromatic rings. The average Bonchev–Trinajstić information content (AvgIpc) is 2.88. The monoisotopic (exact) mass is 424 g/mol. The first-order chi connectivity index (χ1) is 9.65. The number of nitrogens with zero attached hydrogens (tertiary/aromatic N) is 2. The molecule has 1 fully saturated rings. The molecule has 5 nitrogen and oxygen atoms in total. The predicted molar refractivity (Wildman–Crippen MR) is 98.5 cm³/mol. The Morgan fingerprint density at radius 1 is 1.43 bits per heavy atom. The first-order valence-electron chi connectivity index (χ1n) is 7.33. The lowest BCUT2D eigenvalue weighted by atomic mass is 9.80. The molecule has 0 aliphatic heterocycles. The van der Waals surface area contributed by atoms with Gasteiger partial charge >= 0.3 is 0 Å². The van der Waals surface area contributed by atoms with Crippen LogP contribution >= 0.6 is 35.3 Å². The van der Waals surface area contributed by atoms with Gasteiger partial charge in [0.2, 0.25) is 0 Å². The molecule has 1 aliphatic carbocycles. The zero-order valence-corrected chi connectivity index (χ0v) is 15.8. The Morgan fingerprint density at radius 3 is 2.71 bits per heavy atom. The minimum atomic E-state index is -0.535. The van der Waals surface area contributed by atoms with Crippen LogP contribution in [0.1, 0.15) is 43.0 Å². The smallest absolute Gasteiger partial charge is 0.191 e. The second kappa shape index (κ2) is 8.89. The highest BCUT2D eigenvalue weighted by Gasteiger charge is 2.34. The SMILES string of the molecule is CCNC(=NCc1ncc(CC)s1)NCC1(O)CCC1.I. The van der Waals surface area contributed by atoms with Gasteiger partial charge in [-0.25, -0.2) is 9.98 Å². The predicted octanol–water partition coefficient (Wildman–Crippen LogP) is 2.29. The van der Waals surface area contributed by atoms with Crippen LogP contribution in [0.25, 0.3) is 0 Å². The van der Waals surface area contributed by atoms with Crippen LogP contribution in [0, 0.1) is 0 Å². The van der Waals surface area contributed by atoms with Crippen molar-refractivity contribution in [2.45, 2.75) is 51.7 Å². The van der Waals surface area contributed by atoms with Gasteiger partial charge in [0.25, 0.3) is 0 Å². The maximum atomic E-state index is 10.1. The average molecular weight is 424 g/mol.